The zero-order chi connectivity index (χ0) is 15.9. The largest absolute Gasteiger partial charge is 0.395 e. The van der Waals surface area contributed by atoms with E-state index in [1.54, 1.807) is 0 Å². The highest BCUT2D eigenvalue weighted by molar-refractivity contribution is 5.64. The van der Waals surface area contributed by atoms with Gasteiger partial charge in [0.2, 0.25) is 5.95 Å². The molecule has 0 aliphatic carbocycles. The Morgan fingerprint density at radius 3 is 2.78 bits per heavy atom. The van der Waals surface area contributed by atoms with Crippen molar-refractivity contribution in [3.8, 4) is 11.3 Å². The van der Waals surface area contributed by atoms with E-state index in [-0.39, 0.29) is 12.7 Å². The first-order valence-electron chi connectivity index (χ1n) is 8.00. The number of nitrogens with one attached hydrogen (secondary N) is 2. The van der Waals surface area contributed by atoms with E-state index < -0.39 is 0 Å². The van der Waals surface area contributed by atoms with Crippen molar-refractivity contribution in [2.45, 2.75) is 18.9 Å². The fourth-order valence-corrected chi connectivity index (χ4v) is 2.57. The fourth-order valence-electron chi connectivity index (χ4n) is 2.57. The van der Waals surface area contributed by atoms with Crippen molar-refractivity contribution in [3.05, 3.63) is 36.4 Å². The molecule has 0 unspecified atom stereocenters. The van der Waals surface area contributed by atoms with E-state index >= 15 is 0 Å². The van der Waals surface area contributed by atoms with Crippen LogP contribution in [-0.2, 0) is 4.74 Å². The molecule has 3 rings (SSSR count). The molecular weight excluding hydrogens is 292 g/mol. The number of rotatable bonds is 7. The maximum atomic E-state index is 8.98. The van der Waals surface area contributed by atoms with Crippen LogP contribution in [0.4, 0.5) is 11.8 Å². The number of anilines is 2. The Labute approximate surface area is 135 Å². The molecule has 3 N–H and O–H groups in total. The van der Waals surface area contributed by atoms with E-state index in [1.807, 2.05) is 36.4 Å². The zero-order valence-electron chi connectivity index (χ0n) is 13.0. The highest BCUT2D eigenvalue weighted by Crippen LogP contribution is 2.22. The summed E-state index contributed by atoms with van der Waals surface area (Å²) >= 11 is 0. The van der Waals surface area contributed by atoms with Crippen LogP contribution in [0.15, 0.2) is 36.4 Å². The Balaban J connectivity index is 1.79. The first-order valence-corrected chi connectivity index (χ1v) is 8.00. The second kappa shape index (κ2) is 7.89. The number of hydrogen-bond donors (Lipinski definition) is 3. The van der Waals surface area contributed by atoms with Crippen LogP contribution in [0.3, 0.4) is 0 Å². The molecule has 1 fully saturated rings. The number of benzene rings is 1. The molecule has 1 aliphatic rings. The summed E-state index contributed by atoms with van der Waals surface area (Å²) in [5, 5.41) is 15.3. The number of nitrogens with zero attached hydrogens (tertiary/aromatic N) is 2. The number of hydrogen-bond acceptors (Lipinski definition) is 6. The molecule has 0 spiro atoms. The molecule has 0 bridgehead atoms. The van der Waals surface area contributed by atoms with Gasteiger partial charge in [0.05, 0.1) is 18.4 Å². The lowest BCUT2D eigenvalue weighted by Crippen LogP contribution is -2.19. The van der Waals surface area contributed by atoms with Crippen molar-refractivity contribution in [2.24, 2.45) is 0 Å². The predicted molar refractivity (Wildman–Crippen MR) is 90.5 cm³/mol. The molecule has 1 saturated heterocycles. The summed E-state index contributed by atoms with van der Waals surface area (Å²) in [5.74, 6) is 1.27. The van der Waals surface area contributed by atoms with Crippen molar-refractivity contribution >= 4 is 11.8 Å². The van der Waals surface area contributed by atoms with E-state index in [4.69, 9.17) is 9.84 Å². The fraction of sp³-hybridized carbons (Fsp3) is 0.412. The standard InChI is InChI=1S/C17H22N4O2/c22-9-8-18-17-20-15(13-5-2-1-3-6-13)11-16(21-17)19-12-14-7-4-10-23-14/h1-3,5-6,11,14,22H,4,7-10,12H2,(H2,18,19,20,21)/t14-/m0/s1. The van der Waals surface area contributed by atoms with Gasteiger partial charge in [0.1, 0.15) is 5.82 Å². The maximum Gasteiger partial charge on any atom is 0.225 e. The quantitative estimate of drug-likeness (QED) is 0.726. The molecule has 1 aliphatic heterocycles. The summed E-state index contributed by atoms with van der Waals surface area (Å²) in [6.45, 7) is 2.04. The summed E-state index contributed by atoms with van der Waals surface area (Å²) < 4.78 is 5.63. The first kappa shape index (κ1) is 15.7. The minimum Gasteiger partial charge on any atom is -0.395 e. The van der Waals surface area contributed by atoms with Crippen LogP contribution in [-0.4, -0.2) is 47.5 Å². The van der Waals surface area contributed by atoms with Crippen molar-refractivity contribution in [3.63, 3.8) is 0 Å². The van der Waals surface area contributed by atoms with Crippen molar-refractivity contribution in [2.75, 3.05) is 36.9 Å². The summed E-state index contributed by atoms with van der Waals surface area (Å²) in [6.07, 6.45) is 2.45. The molecule has 0 saturated carbocycles. The van der Waals surface area contributed by atoms with Gasteiger partial charge in [0, 0.05) is 31.3 Å². The van der Waals surface area contributed by atoms with E-state index in [0.717, 1.165) is 43.1 Å². The molecule has 1 aromatic carbocycles. The first-order chi connectivity index (χ1) is 11.3. The third kappa shape index (κ3) is 4.40. The van der Waals surface area contributed by atoms with Crippen LogP contribution in [0.5, 0.6) is 0 Å². The summed E-state index contributed by atoms with van der Waals surface area (Å²) in [7, 11) is 0. The molecule has 122 valence electrons. The van der Waals surface area contributed by atoms with Crippen LogP contribution in [0.2, 0.25) is 0 Å². The lowest BCUT2D eigenvalue weighted by molar-refractivity contribution is 0.120. The number of ether oxygens (including phenoxy) is 1. The van der Waals surface area contributed by atoms with Crippen LogP contribution in [0, 0.1) is 0 Å². The van der Waals surface area contributed by atoms with Crippen LogP contribution < -0.4 is 10.6 Å². The smallest absolute Gasteiger partial charge is 0.225 e. The van der Waals surface area contributed by atoms with Gasteiger partial charge in [0.15, 0.2) is 0 Å². The zero-order valence-corrected chi connectivity index (χ0v) is 13.0. The minimum absolute atomic E-state index is 0.0393. The van der Waals surface area contributed by atoms with Gasteiger partial charge in [-0.25, -0.2) is 4.98 Å². The van der Waals surface area contributed by atoms with Gasteiger partial charge in [-0.2, -0.15) is 4.98 Å². The van der Waals surface area contributed by atoms with Crippen molar-refractivity contribution < 1.29 is 9.84 Å². The summed E-state index contributed by atoms with van der Waals surface area (Å²) in [5.41, 5.74) is 1.87. The lowest BCUT2D eigenvalue weighted by Gasteiger charge is -2.13. The van der Waals surface area contributed by atoms with Crippen LogP contribution in [0.25, 0.3) is 11.3 Å². The third-order valence-electron chi connectivity index (χ3n) is 3.73. The Morgan fingerprint density at radius 2 is 2.04 bits per heavy atom. The third-order valence-corrected chi connectivity index (χ3v) is 3.73. The van der Waals surface area contributed by atoms with Crippen molar-refractivity contribution in [1.29, 1.82) is 0 Å². The van der Waals surface area contributed by atoms with E-state index in [2.05, 4.69) is 20.6 Å². The SMILES string of the molecule is OCCNc1nc(NC[C@@H]2CCCO2)cc(-c2ccccc2)n1. The highest BCUT2D eigenvalue weighted by atomic mass is 16.5. The Hall–Kier alpha value is -2.18. The Kier molecular flexibility index (Phi) is 5.39. The molecular formula is C17H22N4O2. The Bertz CT molecular complexity index is 615. The maximum absolute atomic E-state index is 8.98. The second-order valence-corrected chi connectivity index (χ2v) is 5.49. The normalized spacial score (nSPS) is 17.2. The van der Waals surface area contributed by atoms with Crippen LogP contribution >= 0.6 is 0 Å². The average molecular weight is 314 g/mol. The van der Waals surface area contributed by atoms with Gasteiger partial charge < -0.3 is 20.5 Å². The van der Waals surface area contributed by atoms with Gasteiger partial charge >= 0.3 is 0 Å². The minimum atomic E-state index is 0.0393. The topological polar surface area (TPSA) is 79.3 Å². The van der Waals surface area contributed by atoms with Gasteiger partial charge in [-0.3, -0.25) is 0 Å². The molecule has 0 amide bonds. The van der Waals surface area contributed by atoms with Gasteiger partial charge in [0.25, 0.3) is 0 Å². The van der Waals surface area contributed by atoms with Gasteiger partial charge in [-0.1, -0.05) is 30.3 Å². The summed E-state index contributed by atoms with van der Waals surface area (Å²) in [4.78, 5) is 8.97. The monoisotopic (exact) mass is 314 g/mol. The molecule has 2 aromatic rings. The molecule has 6 heteroatoms. The van der Waals surface area contributed by atoms with Crippen molar-refractivity contribution in [1.82, 2.24) is 9.97 Å². The number of aliphatic hydroxyl groups excluding tert-OH is 1. The van der Waals surface area contributed by atoms with E-state index in [9.17, 15) is 0 Å². The molecule has 2 heterocycles. The molecule has 1 aromatic heterocycles. The molecule has 1 atom stereocenters. The van der Waals surface area contributed by atoms with E-state index in [1.165, 1.54) is 0 Å². The molecule has 6 nitrogen and oxygen atoms in total. The van der Waals surface area contributed by atoms with Crippen LogP contribution in [0.1, 0.15) is 12.8 Å². The molecule has 0 radical (unpaired) electrons. The summed E-state index contributed by atoms with van der Waals surface area (Å²) in [6, 6.07) is 11.9. The predicted octanol–water partition coefficient (Wildman–Crippen LogP) is 2.14. The molecule has 23 heavy (non-hydrogen) atoms. The van der Waals surface area contributed by atoms with Gasteiger partial charge in [-0.15, -0.1) is 0 Å². The second-order valence-electron chi connectivity index (χ2n) is 5.49. The number of aromatic nitrogens is 2. The Morgan fingerprint density at radius 1 is 1.17 bits per heavy atom. The highest BCUT2D eigenvalue weighted by Gasteiger charge is 2.15. The van der Waals surface area contributed by atoms with Gasteiger partial charge in [-0.05, 0) is 12.8 Å². The van der Waals surface area contributed by atoms with E-state index in [0.29, 0.717) is 12.5 Å². The number of aliphatic hydroxyl groups is 1. The lowest BCUT2D eigenvalue weighted by atomic mass is 10.1. The average Bonchev–Trinajstić information content (AvgIpc) is 3.12.